The van der Waals surface area contributed by atoms with Crippen LogP contribution in [0.2, 0.25) is 0 Å². The number of rotatable bonds is 5. The average Bonchev–Trinajstić information content (AvgIpc) is 2.64. The minimum Gasteiger partial charge on any atom is -0.497 e. The number of nitrogen functional groups attached to an aromatic ring is 1. The highest BCUT2D eigenvalue weighted by Crippen LogP contribution is 2.27. The lowest BCUT2D eigenvalue weighted by Gasteiger charge is -2.33. The van der Waals surface area contributed by atoms with Crippen molar-refractivity contribution in [3.63, 3.8) is 0 Å². The van der Waals surface area contributed by atoms with Gasteiger partial charge in [0.25, 0.3) is 0 Å². The number of hydrogen-bond donors (Lipinski definition) is 1. The van der Waals surface area contributed by atoms with Gasteiger partial charge >= 0.3 is 0 Å². The van der Waals surface area contributed by atoms with E-state index in [0.29, 0.717) is 11.9 Å². The van der Waals surface area contributed by atoms with E-state index in [-0.39, 0.29) is 0 Å². The number of aromatic nitrogens is 2. The lowest BCUT2D eigenvalue weighted by Crippen LogP contribution is -2.36. The quantitative estimate of drug-likeness (QED) is 0.900. The van der Waals surface area contributed by atoms with Crippen LogP contribution in [-0.2, 0) is 0 Å². The largest absolute Gasteiger partial charge is 0.497 e. The normalized spacial score (nSPS) is 15.2. The Labute approximate surface area is 149 Å². The number of hydrogen-bond acceptors (Lipinski definition) is 6. The second kappa shape index (κ2) is 7.59. The summed E-state index contributed by atoms with van der Waals surface area (Å²) >= 11 is 0. The third-order valence-corrected chi connectivity index (χ3v) is 4.84. The van der Waals surface area contributed by atoms with Crippen LogP contribution >= 0.6 is 0 Å². The average molecular weight is 342 g/mol. The molecule has 1 saturated heterocycles. The fraction of sp³-hybridized carbons (Fsp3) is 0.474. The van der Waals surface area contributed by atoms with Gasteiger partial charge in [0.15, 0.2) is 0 Å². The molecule has 0 saturated carbocycles. The van der Waals surface area contributed by atoms with Crippen molar-refractivity contribution in [1.29, 1.82) is 0 Å². The molecule has 134 valence electrons. The monoisotopic (exact) mass is 342 g/mol. The third kappa shape index (κ3) is 4.13. The summed E-state index contributed by atoms with van der Waals surface area (Å²) in [4.78, 5) is 11.0. The zero-order valence-electron chi connectivity index (χ0n) is 15.2. The molecule has 0 bridgehead atoms. The van der Waals surface area contributed by atoms with Crippen molar-refractivity contribution in [2.75, 3.05) is 37.4 Å². The van der Waals surface area contributed by atoms with E-state index in [2.05, 4.69) is 21.8 Å². The first kappa shape index (κ1) is 17.3. The SMILES string of the molecule is COc1ccc(OCC2CCN(c3nc(N)nc(C)c3C)CC2)cc1. The van der Waals surface area contributed by atoms with Gasteiger partial charge in [-0.25, -0.2) is 4.98 Å². The number of ether oxygens (including phenoxy) is 2. The molecule has 0 amide bonds. The molecule has 0 aliphatic carbocycles. The maximum absolute atomic E-state index is 5.93. The first-order valence-corrected chi connectivity index (χ1v) is 8.69. The predicted octanol–water partition coefficient (Wildman–Crippen LogP) is 2.98. The van der Waals surface area contributed by atoms with E-state index in [0.717, 1.165) is 61.1 Å². The van der Waals surface area contributed by atoms with Crippen molar-refractivity contribution in [2.45, 2.75) is 26.7 Å². The van der Waals surface area contributed by atoms with Crippen LogP contribution < -0.4 is 20.1 Å². The van der Waals surface area contributed by atoms with Crippen LogP contribution in [0.5, 0.6) is 11.5 Å². The first-order valence-electron chi connectivity index (χ1n) is 8.69. The van der Waals surface area contributed by atoms with E-state index in [1.165, 1.54) is 0 Å². The molecule has 1 fully saturated rings. The predicted molar refractivity (Wildman–Crippen MR) is 99.3 cm³/mol. The number of benzene rings is 1. The number of aryl methyl sites for hydroxylation is 1. The maximum Gasteiger partial charge on any atom is 0.222 e. The van der Waals surface area contributed by atoms with Crippen molar-refractivity contribution in [3.05, 3.63) is 35.5 Å². The van der Waals surface area contributed by atoms with E-state index in [1.54, 1.807) is 7.11 Å². The minimum absolute atomic E-state index is 0.350. The Kier molecular flexibility index (Phi) is 5.26. The molecule has 0 spiro atoms. The van der Waals surface area contributed by atoms with Gasteiger partial charge in [-0.2, -0.15) is 4.98 Å². The summed E-state index contributed by atoms with van der Waals surface area (Å²) in [5.74, 6) is 3.61. The molecule has 1 aromatic carbocycles. The molecule has 25 heavy (non-hydrogen) atoms. The van der Waals surface area contributed by atoms with Gasteiger partial charge in [-0.15, -0.1) is 0 Å². The topological polar surface area (TPSA) is 73.5 Å². The number of piperidine rings is 1. The zero-order valence-corrected chi connectivity index (χ0v) is 15.2. The van der Waals surface area contributed by atoms with E-state index >= 15 is 0 Å². The van der Waals surface area contributed by atoms with Crippen molar-refractivity contribution in [3.8, 4) is 11.5 Å². The summed E-state index contributed by atoms with van der Waals surface area (Å²) in [7, 11) is 1.66. The molecule has 0 atom stereocenters. The number of nitrogens with zero attached hydrogens (tertiary/aromatic N) is 3. The molecular weight excluding hydrogens is 316 g/mol. The van der Waals surface area contributed by atoms with Gasteiger partial charge in [0.1, 0.15) is 17.3 Å². The van der Waals surface area contributed by atoms with Crippen LogP contribution in [0.1, 0.15) is 24.1 Å². The Bertz CT molecular complexity index is 710. The summed E-state index contributed by atoms with van der Waals surface area (Å²) in [5.41, 5.74) is 7.88. The van der Waals surface area contributed by atoms with Gasteiger partial charge < -0.3 is 20.1 Å². The fourth-order valence-electron chi connectivity index (χ4n) is 3.14. The molecule has 1 aromatic heterocycles. The van der Waals surface area contributed by atoms with Crippen LogP contribution in [0.4, 0.5) is 11.8 Å². The standard InChI is InChI=1S/C19H26N4O2/c1-13-14(2)21-19(20)22-18(13)23-10-8-15(9-11-23)12-25-17-6-4-16(24-3)5-7-17/h4-7,15H,8-12H2,1-3H3,(H2,20,21,22). The summed E-state index contributed by atoms with van der Waals surface area (Å²) in [6.07, 6.45) is 2.16. The Morgan fingerprint density at radius 2 is 1.72 bits per heavy atom. The summed E-state index contributed by atoms with van der Waals surface area (Å²) in [6.45, 7) is 6.71. The van der Waals surface area contributed by atoms with Crippen LogP contribution in [0.3, 0.4) is 0 Å². The highest BCUT2D eigenvalue weighted by Gasteiger charge is 2.23. The van der Waals surface area contributed by atoms with Gasteiger partial charge in [0.2, 0.25) is 5.95 Å². The fourth-order valence-corrected chi connectivity index (χ4v) is 3.14. The molecule has 1 aliphatic rings. The lowest BCUT2D eigenvalue weighted by molar-refractivity contribution is 0.222. The zero-order chi connectivity index (χ0) is 17.8. The van der Waals surface area contributed by atoms with Crippen LogP contribution in [-0.4, -0.2) is 36.8 Å². The van der Waals surface area contributed by atoms with E-state index in [9.17, 15) is 0 Å². The highest BCUT2D eigenvalue weighted by atomic mass is 16.5. The summed E-state index contributed by atoms with van der Waals surface area (Å²) in [6, 6.07) is 7.73. The summed E-state index contributed by atoms with van der Waals surface area (Å²) < 4.78 is 11.1. The van der Waals surface area contributed by atoms with Gasteiger partial charge in [-0.3, -0.25) is 0 Å². The van der Waals surface area contributed by atoms with Crippen molar-refractivity contribution in [1.82, 2.24) is 9.97 Å². The van der Waals surface area contributed by atoms with Crippen LogP contribution in [0.25, 0.3) is 0 Å². The molecule has 3 rings (SSSR count). The molecule has 0 radical (unpaired) electrons. The van der Waals surface area contributed by atoms with E-state index in [4.69, 9.17) is 15.2 Å². The first-order chi connectivity index (χ1) is 12.1. The summed E-state index contributed by atoms with van der Waals surface area (Å²) in [5, 5.41) is 0. The van der Waals surface area contributed by atoms with E-state index < -0.39 is 0 Å². The van der Waals surface area contributed by atoms with Crippen molar-refractivity contribution in [2.24, 2.45) is 5.92 Å². The molecule has 6 heteroatoms. The van der Waals surface area contributed by atoms with Crippen molar-refractivity contribution < 1.29 is 9.47 Å². The number of methoxy groups -OCH3 is 1. The van der Waals surface area contributed by atoms with Gasteiger partial charge in [0.05, 0.1) is 13.7 Å². The van der Waals surface area contributed by atoms with Crippen LogP contribution in [0, 0.1) is 19.8 Å². The third-order valence-electron chi connectivity index (χ3n) is 4.84. The second-order valence-electron chi connectivity index (χ2n) is 6.53. The van der Waals surface area contributed by atoms with Gasteiger partial charge in [-0.05, 0) is 56.9 Å². The molecule has 0 unspecified atom stereocenters. The molecule has 2 heterocycles. The maximum atomic E-state index is 5.93. The smallest absolute Gasteiger partial charge is 0.222 e. The second-order valence-corrected chi connectivity index (χ2v) is 6.53. The Hall–Kier alpha value is -2.50. The van der Waals surface area contributed by atoms with Crippen LogP contribution in [0.15, 0.2) is 24.3 Å². The van der Waals surface area contributed by atoms with Gasteiger partial charge in [-0.1, -0.05) is 0 Å². The lowest BCUT2D eigenvalue weighted by atomic mass is 9.97. The number of nitrogens with two attached hydrogens (primary N) is 1. The molecular formula is C19H26N4O2. The minimum atomic E-state index is 0.350. The molecule has 2 N–H and O–H groups in total. The molecule has 1 aliphatic heterocycles. The van der Waals surface area contributed by atoms with Gasteiger partial charge in [0, 0.05) is 24.3 Å². The molecule has 2 aromatic rings. The Morgan fingerprint density at radius 1 is 1.08 bits per heavy atom. The Balaban J connectivity index is 1.53. The van der Waals surface area contributed by atoms with E-state index in [1.807, 2.05) is 31.2 Å². The number of anilines is 2. The highest BCUT2D eigenvalue weighted by molar-refractivity contribution is 5.51. The van der Waals surface area contributed by atoms with Crippen molar-refractivity contribution >= 4 is 11.8 Å². The Morgan fingerprint density at radius 3 is 2.36 bits per heavy atom. The molecule has 6 nitrogen and oxygen atoms in total.